The van der Waals surface area contributed by atoms with Gasteiger partial charge in [-0.1, -0.05) is 26.0 Å². The van der Waals surface area contributed by atoms with Crippen molar-refractivity contribution in [2.24, 2.45) is 11.7 Å². The van der Waals surface area contributed by atoms with Gasteiger partial charge in [0.25, 0.3) is 0 Å². The Bertz CT molecular complexity index is 481. The van der Waals surface area contributed by atoms with Crippen molar-refractivity contribution in [1.82, 2.24) is 0 Å². The van der Waals surface area contributed by atoms with Gasteiger partial charge in [0.15, 0.2) is 0 Å². The Morgan fingerprint density at radius 2 is 2.00 bits per heavy atom. The summed E-state index contributed by atoms with van der Waals surface area (Å²) < 4.78 is 26.3. The number of sulfonamides is 1. The molecule has 1 rings (SSSR count). The summed E-state index contributed by atoms with van der Waals surface area (Å²) in [6.07, 6.45) is 0. The van der Waals surface area contributed by atoms with Gasteiger partial charge < -0.3 is 5.73 Å². The highest BCUT2D eigenvalue weighted by molar-refractivity contribution is 7.92. The van der Waals surface area contributed by atoms with Gasteiger partial charge in [-0.25, -0.2) is 8.42 Å². The lowest BCUT2D eigenvalue weighted by atomic mass is 10.1. The van der Waals surface area contributed by atoms with Gasteiger partial charge in [-0.15, -0.1) is 0 Å². The number of anilines is 1. The van der Waals surface area contributed by atoms with E-state index in [1.54, 1.807) is 6.07 Å². The maximum atomic E-state index is 11.8. The van der Waals surface area contributed by atoms with Crippen molar-refractivity contribution in [2.45, 2.75) is 27.3 Å². The van der Waals surface area contributed by atoms with Crippen LogP contribution in [0.4, 0.5) is 5.69 Å². The molecule has 0 aromatic heterocycles. The van der Waals surface area contributed by atoms with Crippen molar-refractivity contribution in [3.8, 4) is 0 Å². The van der Waals surface area contributed by atoms with Crippen molar-refractivity contribution in [1.29, 1.82) is 0 Å². The van der Waals surface area contributed by atoms with Gasteiger partial charge in [-0.05, 0) is 30.0 Å². The minimum Gasteiger partial charge on any atom is -0.326 e. The average Bonchev–Trinajstić information content (AvgIpc) is 2.14. The van der Waals surface area contributed by atoms with Gasteiger partial charge in [-0.3, -0.25) is 4.72 Å². The van der Waals surface area contributed by atoms with Crippen LogP contribution in [0.25, 0.3) is 0 Å². The fraction of sp³-hybridized carbons (Fsp3) is 0.500. The molecule has 0 aliphatic carbocycles. The Labute approximate surface area is 103 Å². The van der Waals surface area contributed by atoms with E-state index >= 15 is 0 Å². The first-order valence-corrected chi connectivity index (χ1v) is 7.30. The number of aryl methyl sites for hydroxylation is 1. The van der Waals surface area contributed by atoms with E-state index in [1.807, 2.05) is 32.9 Å². The van der Waals surface area contributed by atoms with Crippen LogP contribution < -0.4 is 10.5 Å². The van der Waals surface area contributed by atoms with Crippen molar-refractivity contribution < 1.29 is 8.42 Å². The first kappa shape index (κ1) is 14.0. The molecular formula is C12H20N2O2S. The molecule has 0 unspecified atom stereocenters. The fourth-order valence-electron chi connectivity index (χ4n) is 1.72. The second-order valence-electron chi connectivity index (χ2n) is 4.58. The molecule has 0 aliphatic rings. The largest absolute Gasteiger partial charge is 0.326 e. The SMILES string of the molecule is Cc1cccc(NS(=O)(=O)CC(C)C)c1CN. The first-order chi connectivity index (χ1) is 7.85. The summed E-state index contributed by atoms with van der Waals surface area (Å²) in [6.45, 7) is 5.99. The van der Waals surface area contributed by atoms with Gasteiger partial charge in [0.05, 0.1) is 11.4 Å². The van der Waals surface area contributed by atoms with Crippen LogP contribution >= 0.6 is 0 Å². The van der Waals surface area contributed by atoms with Crippen LogP contribution in [0.5, 0.6) is 0 Å². The molecule has 96 valence electrons. The number of nitrogens with one attached hydrogen (secondary N) is 1. The molecule has 1 aromatic carbocycles. The van der Waals surface area contributed by atoms with Crippen molar-refractivity contribution >= 4 is 15.7 Å². The van der Waals surface area contributed by atoms with Crippen LogP contribution in [0.2, 0.25) is 0 Å². The molecule has 0 amide bonds. The third-order valence-corrected chi connectivity index (χ3v) is 4.07. The van der Waals surface area contributed by atoms with Crippen LogP contribution in [0.1, 0.15) is 25.0 Å². The Kier molecular flexibility index (Phi) is 4.54. The molecule has 4 nitrogen and oxygen atoms in total. The number of hydrogen-bond acceptors (Lipinski definition) is 3. The number of hydrogen-bond donors (Lipinski definition) is 2. The fourth-order valence-corrected chi connectivity index (χ4v) is 3.20. The lowest BCUT2D eigenvalue weighted by molar-refractivity contribution is 0.587. The lowest BCUT2D eigenvalue weighted by Crippen LogP contribution is -2.21. The van der Waals surface area contributed by atoms with Gasteiger partial charge >= 0.3 is 0 Å². The maximum Gasteiger partial charge on any atom is 0.232 e. The Balaban J connectivity index is 3.00. The maximum absolute atomic E-state index is 11.8. The van der Waals surface area contributed by atoms with E-state index in [-0.39, 0.29) is 11.7 Å². The molecule has 17 heavy (non-hydrogen) atoms. The van der Waals surface area contributed by atoms with Gasteiger partial charge in [0.2, 0.25) is 10.0 Å². The summed E-state index contributed by atoms with van der Waals surface area (Å²) in [5.41, 5.74) is 8.07. The van der Waals surface area contributed by atoms with E-state index in [0.29, 0.717) is 12.2 Å². The Hall–Kier alpha value is -1.07. The Morgan fingerprint density at radius 1 is 1.35 bits per heavy atom. The van der Waals surface area contributed by atoms with E-state index < -0.39 is 10.0 Å². The molecule has 0 fully saturated rings. The molecule has 0 atom stereocenters. The van der Waals surface area contributed by atoms with E-state index in [9.17, 15) is 8.42 Å². The smallest absolute Gasteiger partial charge is 0.232 e. The molecule has 0 heterocycles. The Morgan fingerprint density at radius 3 is 2.53 bits per heavy atom. The summed E-state index contributed by atoms with van der Waals surface area (Å²) in [4.78, 5) is 0. The molecular weight excluding hydrogens is 236 g/mol. The molecule has 0 saturated carbocycles. The topological polar surface area (TPSA) is 72.2 Å². The zero-order chi connectivity index (χ0) is 13.1. The zero-order valence-corrected chi connectivity index (χ0v) is 11.3. The molecule has 0 bridgehead atoms. The molecule has 1 aromatic rings. The highest BCUT2D eigenvalue weighted by Gasteiger charge is 2.15. The molecule has 0 spiro atoms. The minimum absolute atomic E-state index is 0.0960. The second-order valence-corrected chi connectivity index (χ2v) is 6.35. The standard InChI is InChI=1S/C12H20N2O2S/c1-9(2)8-17(15,16)14-12-6-4-5-10(3)11(12)7-13/h4-6,9,14H,7-8,13H2,1-3H3. The third kappa shape index (κ3) is 4.02. The van der Waals surface area contributed by atoms with E-state index in [2.05, 4.69) is 4.72 Å². The average molecular weight is 256 g/mol. The summed E-state index contributed by atoms with van der Waals surface area (Å²) in [7, 11) is -3.29. The minimum atomic E-state index is -3.29. The quantitative estimate of drug-likeness (QED) is 0.844. The number of benzene rings is 1. The van der Waals surface area contributed by atoms with E-state index in [0.717, 1.165) is 11.1 Å². The molecule has 5 heteroatoms. The number of rotatable bonds is 5. The van der Waals surface area contributed by atoms with Crippen molar-refractivity contribution in [3.63, 3.8) is 0 Å². The third-order valence-electron chi connectivity index (χ3n) is 2.43. The van der Waals surface area contributed by atoms with Crippen LogP contribution in [0.15, 0.2) is 18.2 Å². The highest BCUT2D eigenvalue weighted by atomic mass is 32.2. The predicted octanol–water partition coefficient (Wildman–Crippen LogP) is 1.85. The lowest BCUT2D eigenvalue weighted by Gasteiger charge is -2.14. The summed E-state index contributed by atoms with van der Waals surface area (Å²) in [5, 5.41) is 0. The normalized spacial score (nSPS) is 11.8. The van der Waals surface area contributed by atoms with Crippen LogP contribution in [0.3, 0.4) is 0 Å². The molecule has 0 saturated heterocycles. The molecule has 3 N–H and O–H groups in total. The zero-order valence-electron chi connectivity index (χ0n) is 10.5. The highest BCUT2D eigenvalue weighted by Crippen LogP contribution is 2.20. The van der Waals surface area contributed by atoms with Crippen LogP contribution in [-0.2, 0) is 16.6 Å². The van der Waals surface area contributed by atoms with Crippen LogP contribution in [0, 0.1) is 12.8 Å². The van der Waals surface area contributed by atoms with Crippen molar-refractivity contribution in [2.75, 3.05) is 10.5 Å². The van der Waals surface area contributed by atoms with Gasteiger partial charge in [0.1, 0.15) is 0 Å². The predicted molar refractivity (Wildman–Crippen MR) is 71.3 cm³/mol. The summed E-state index contributed by atoms with van der Waals surface area (Å²) in [6, 6.07) is 5.48. The van der Waals surface area contributed by atoms with Gasteiger partial charge in [-0.2, -0.15) is 0 Å². The van der Waals surface area contributed by atoms with E-state index in [4.69, 9.17) is 5.73 Å². The summed E-state index contributed by atoms with van der Waals surface area (Å²) >= 11 is 0. The van der Waals surface area contributed by atoms with Crippen molar-refractivity contribution in [3.05, 3.63) is 29.3 Å². The van der Waals surface area contributed by atoms with Gasteiger partial charge in [0, 0.05) is 6.54 Å². The number of nitrogens with two attached hydrogens (primary N) is 1. The first-order valence-electron chi connectivity index (χ1n) is 5.64. The molecule has 0 radical (unpaired) electrons. The second kappa shape index (κ2) is 5.51. The summed E-state index contributed by atoms with van der Waals surface area (Å²) in [5.74, 6) is 0.212. The monoisotopic (exact) mass is 256 g/mol. The van der Waals surface area contributed by atoms with Crippen LogP contribution in [-0.4, -0.2) is 14.2 Å². The molecule has 0 aliphatic heterocycles. The van der Waals surface area contributed by atoms with E-state index in [1.165, 1.54) is 0 Å².